The summed E-state index contributed by atoms with van der Waals surface area (Å²) in [5.41, 5.74) is 0. The first-order valence-electron chi connectivity index (χ1n) is 5.09. The molecule has 0 bridgehead atoms. The Balaban J connectivity index is 2.51. The fraction of sp³-hybridized carbons (Fsp3) is 0.800. The molecule has 86 valence electrons. The van der Waals surface area contributed by atoms with Gasteiger partial charge in [-0.2, -0.15) is 0 Å². The molecule has 1 heterocycles. The van der Waals surface area contributed by atoms with Gasteiger partial charge in [0.1, 0.15) is 0 Å². The summed E-state index contributed by atoms with van der Waals surface area (Å²) in [7, 11) is 1.61. The number of ether oxygens (including phenoxy) is 1. The van der Waals surface area contributed by atoms with Gasteiger partial charge in [0.25, 0.3) is 0 Å². The van der Waals surface area contributed by atoms with Crippen molar-refractivity contribution >= 4 is 11.9 Å². The lowest BCUT2D eigenvalue weighted by Crippen LogP contribution is -2.36. The standard InChI is InChI=1S/C10H17NO4/c1-7-8(10(13)14)6-9(12)11(7)4-3-5-15-2/h7-8H,3-6H2,1-2H3,(H,13,14). The minimum atomic E-state index is -0.884. The molecule has 1 fully saturated rings. The molecule has 1 saturated heterocycles. The molecule has 0 spiro atoms. The molecule has 1 aliphatic rings. The predicted molar refractivity (Wildman–Crippen MR) is 53.4 cm³/mol. The number of carboxylic acids is 1. The van der Waals surface area contributed by atoms with Gasteiger partial charge in [-0.1, -0.05) is 0 Å². The number of amides is 1. The van der Waals surface area contributed by atoms with Gasteiger partial charge in [-0.15, -0.1) is 0 Å². The van der Waals surface area contributed by atoms with E-state index in [9.17, 15) is 9.59 Å². The summed E-state index contributed by atoms with van der Waals surface area (Å²) in [6.45, 7) is 2.96. The highest BCUT2D eigenvalue weighted by molar-refractivity contribution is 5.86. The molecule has 15 heavy (non-hydrogen) atoms. The van der Waals surface area contributed by atoms with Crippen LogP contribution in [-0.4, -0.2) is 48.2 Å². The molecular formula is C10H17NO4. The third-order valence-corrected chi connectivity index (χ3v) is 2.85. The Kier molecular flexibility index (Phi) is 4.08. The second-order valence-corrected chi connectivity index (χ2v) is 3.82. The zero-order valence-electron chi connectivity index (χ0n) is 9.10. The number of rotatable bonds is 5. The summed E-state index contributed by atoms with van der Waals surface area (Å²) in [5, 5.41) is 8.89. The lowest BCUT2D eigenvalue weighted by molar-refractivity contribution is -0.142. The monoisotopic (exact) mass is 215 g/mol. The maximum Gasteiger partial charge on any atom is 0.309 e. The van der Waals surface area contributed by atoms with Crippen LogP contribution in [0.15, 0.2) is 0 Å². The number of carbonyl (C=O) groups is 2. The van der Waals surface area contributed by atoms with Gasteiger partial charge in [-0.3, -0.25) is 9.59 Å². The van der Waals surface area contributed by atoms with Crippen LogP contribution in [0, 0.1) is 5.92 Å². The Morgan fingerprint density at radius 3 is 2.80 bits per heavy atom. The Morgan fingerprint density at radius 1 is 1.67 bits per heavy atom. The van der Waals surface area contributed by atoms with Crippen molar-refractivity contribution in [2.24, 2.45) is 5.92 Å². The van der Waals surface area contributed by atoms with Gasteiger partial charge in [0.2, 0.25) is 5.91 Å². The van der Waals surface area contributed by atoms with Gasteiger partial charge in [0.15, 0.2) is 0 Å². The topological polar surface area (TPSA) is 66.8 Å². The summed E-state index contributed by atoms with van der Waals surface area (Å²) in [5.74, 6) is -1.50. The molecule has 0 aromatic heterocycles. The van der Waals surface area contributed by atoms with E-state index in [0.717, 1.165) is 6.42 Å². The molecule has 2 unspecified atom stereocenters. The minimum Gasteiger partial charge on any atom is -0.481 e. The second-order valence-electron chi connectivity index (χ2n) is 3.82. The Hall–Kier alpha value is -1.10. The summed E-state index contributed by atoms with van der Waals surface area (Å²) in [6, 6.07) is -0.202. The number of hydrogen-bond donors (Lipinski definition) is 1. The number of hydrogen-bond acceptors (Lipinski definition) is 3. The van der Waals surface area contributed by atoms with Crippen LogP contribution in [-0.2, 0) is 14.3 Å². The van der Waals surface area contributed by atoms with Gasteiger partial charge in [-0.25, -0.2) is 0 Å². The molecular weight excluding hydrogens is 198 g/mol. The molecule has 0 aliphatic carbocycles. The molecule has 1 amide bonds. The zero-order valence-corrected chi connectivity index (χ0v) is 9.10. The highest BCUT2D eigenvalue weighted by Crippen LogP contribution is 2.25. The number of methoxy groups -OCH3 is 1. The highest BCUT2D eigenvalue weighted by atomic mass is 16.5. The number of aliphatic carboxylic acids is 1. The molecule has 2 atom stereocenters. The molecule has 1 N–H and O–H groups in total. The first-order chi connectivity index (χ1) is 7.07. The first-order valence-corrected chi connectivity index (χ1v) is 5.09. The van der Waals surface area contributed by atoms with E-state index in [1.165, 1.54) is 0 Å². The quantitative estimate of drug-likeness (QED) is 0.672. The molecule has 0 aromatic carbocycles. The molecule has 0 radical (unpaired) electrons. The number of likely N-dealkylation sites (tertiary alicyclic amines) is 1. The van der Waals surface area contributed by atoms with Crippen molar-refractivity contribution < 1.29 is 19.4 Å². The molecule has 5 nitrogen and oxygen atoms in total. The SMILES string of the molecule is COCCCN1C(=O)CC(C(=O)O)C1C. The average molecular weight is 215 g/mol. The number of nitrogens with zero attached hydrogens (tertiary/aromatic N) is 1. The van der Waals surface area contributed by atoms with E-state index in [4.69, 9.17) is 9.84 Å². The Labute approximate surface area is 89.0 Å². The molecule has 0 saturated carbocycles. The van der Waals surface area contributed by atoms with E-state index < -0.39 is 11.9 Å². The Bertz CT molecular complexity index is 254. The largest absolute Gasteiger partial charge is 0.481 e. The Morgan fingerprint density at radius 2 is 2.33 bits per heavy atom. The van der Waals surface area contributed by atoms with Crippen molar-refractivity contribution in [1.29, 1.82) is 0 Å². The van der Waals surface area contributed by atoms with Gasteiger partial charge in [-0.05, 0) is 13.3 Å². The molecule has 1 aliphatic heterocycles. The van der Waals surface area contributed by atoms with Crippen molar-refractivity contribution in [3.63, 3.8) is 0 Å². The van der Waals surface area contributed by atoms with E-state index in [2.05, 4.69) is 0 Å². The zero-order chi connectivity index (χ0) is 11.4. The van der Waals surface area contributed by atoms with Crippen molar-refractivity contribution in [3.05, 3.63) is 0 Å². The van der Waals surface area contributed by atoms with E-state index >= 15 is 0 Å². The lowest BCUT2D eigenvalue weighted by Gasteiger charge is -2.23. The van der Waals surface area contributed by atoms with Crippen LogP contribution < -0.4 is 0 Å². The van der Waals surface area contributed by atoms with Gasteiger partial charge >= 0.3 is 5.97 Å². The third-order valence-electron chi connectivity index (χ3n) is 2.85. The number of carboxylic acid groups (broad SMARTS) is 1. The molecule has 1 rings (SSSR count). The minimum absolute atomic E-state index is 0.0639. The molecule has 0 aromatic rings. The van der Waals surface area contributed by atoms with Crippen LogP contribution in [0.2, 0.25) is 0 Å². The summed E-state index contributed by atoms with van der Waals surface area (Å²) >= 11 is 0. The summed E-state index contributed by atoms with van der Waals surface area (Å²) in [4.78, 5) is 24.0. The third kappa shape index (κ3) is 2.68. The van der Waals surface area contributed by atoms with E-state index in [0.29, 0.717) is 13.2 Å². The number of carbonyl (C=O) groups excluding carboxylic acids is 1. The van der Waals surface area contributed by atoms with E-state index in [1.807, 2.05) is 0 Å². The maximum atomic E-state index is 11.5. The molecule has 5 heteroatoms. The van der Waals surface area contributed by atoms with Gasteiger partial charge in [0.05, 0.1) is 5.92 Å². The van der Waals surface area contributed by atoms with Crippen LogP contribution in [0.25, 0.3) is 0 Å². The van der Waals surface area contributed by atoms with Gasteiger partial charge in [0, 0.05) is 32.7 Å². The summed E-state index contributed by atoms with van der Waals surface area (Å²) in [6.07, 6.45) is 0.877. The van der Waals surface area contributed by atoms with Crippen LogP contribution in [0.1, 0.15) is 19.8 Å². The lowest BCUT2D eigenvalue weighted by atomic mass is 10.0. The first kappa shape index (κ1) is 12.0. The van der Waals surface area contributed by atoms with Crippen LogP contribution >= 0.6 is 0 Å². The normalized spacial score (nSPS) is 26.0. The summed E-state index contributed by atoms with van der Waals surface area (Å²) < 4.78 is 4.89. The fourth-order valence-electron chi connectivity index (χ4n) is 1.92. The van der Waals surface area contributed by atoms with Crippen molar-refractivity contribution in [2.75, 3.05) is 20.3 Å². The van der Waals surface area contributed by atoms with Crippen LogP contribution in [0.5, 0.6) is 0 Å². The predicted octanol–water partition coefficient (Wildman–Crippen LogP) is 0.344. The maximum absolute atomic E-state index is 11.5. The van der Waals surface area contributed by atoms with Crippen molar-refractivity contribution in [1.82, 2.24) is 4.90 Å². The van der Waals surface area contributed by atoms with Crippen LogP contribution in [0.3, 0.4) is 0 Å². The van der Waals surface area contributed by atoms with E-state index in [-0.39, 0.29) is 18.4 Å². The smallest absolute Gasteiger partial charge is 0.309 e. The van der Waals surface area contributed by atoms with Crippen molar-refractivity contribution in [2.45, 2.75) is 25.8 Å². The van der Waals surface area contributed by atoms with Crippen LogP contribution in [0.4, 0.5) is 0 Å². The van der Waals surface area contributed by atoms with Crippen molar-refractivity contribution in [3.8, 4) is 0 Å². The van der Waals surface area contributed by atoms with Gasteiger partial charge < -0.3 is 14.7 Å². The van der Waals surface area contributed by atoms with E-state index in [1.54, 1.807) is 18.9 Å². The second kappa shape index (κ2) is 5.11. The average Bonchev–Trinajstić information content (AvgIpc) is 2.45. The fourth-order valence-corrected chi connectivity index (χ4v) is 1.92. The highest BCUT2D eigenvalue weighted by Gasteiger charge is 2.40.